The minimum atomic E-state index is 0.749. The molecule has 0 aliphatic carbocycles. The molecule has 0 unspecified atom stereocenters. The van der Waals surface area contributed by atoms with Gasteiger partial charge in [-0.1, -0.05) is 13.8 Å². The van der Waals surface area contributed by atoms with Gasteiger partial charge >= 0.3 is 0 Å². The van der Waals surface area contributed by atoms with Crippen LogP contribution >= 0.6 is 15.9 Å². The SMILES string of the molecule is CC(C)CCc1ncn(C)c1Br. The third-order valence-corrected chi connectivity index (χ3v) is 2.91. The number of aryl methyl sites for hydroxylation is 2. The van der Waals surface area contributed by atoms with Crippen LogP contribution in [-0.2, 0) is 13.5 Å². The van der Waals surface area contributed by atoms with Crippen molar-refractivity contribution in [1.29, 1.82) is 0 Å². The van der Waals surface area contributed by atoms with Crippen molar-refractivity contribution in [2.75, 3.05) is 0 Å². The molecule has 0 N–H and O–H groups in total. The summed E-state index contributed by atoms with van der Waals surface area (Å²) >= 11 is 3.50. The van der Waals surface area contributed by atoms with E-state index in [2.05, 4.69) is 34.8 Å². The number of rotatable bonds is 3. The standard InChI is InChI=1S/C9H15BrN2/c1-7(2)4-5-8-9(10)12(3)6-11-8/h6-7H,4-5H2,1-3H3. The highest BCUT2D eigenvalue weighted by Gasteiger charge is 2.05. The largest absolute Gasteiger partial charge is 0.328 e. The van der Waals surface area contributed by atoms with E-state index in [0.29, 0.717) is 0 Å². The predicted molar refractivity (Wildman–Crippen MR) is 54.1 cm³/mol. The molecule has 0 atom stereocenters. The Bertz CT molecular complexity index is 253. The molecule has 0 saturated carbocycles. The zero-order valence-corrected chi connectivity index (χ0v) is 9.43. The first-order valence-electron chi connectivity index (χ1n) is 4.27. The Hall–Kier alpha value is -0.310. The summed E-state index contributed by atoms with van der Waals surface area (Å²) in [5.41, 5.74) is 1.17. The van der Waals surface area contributed by atoms with E-state index in [4.69, 9.17) is 0 Å². The predicted octanol–water partition coefficient (Wildman–Crippen LogP) is 2.77. The summed E-state index contributed by atoms with van der Waals surface area (Å²) in [5, 5.41) is 0. The minimum absolute atomic E-state index is 0.749. The Morgan fingerprint density at radius 3 is 2.67 bits per heavy atom. The van der Waals surface area contributed by atoms with Gasteiger partial charge < -0.3 is 4.57 Å². The number of hydrogen-bond donors (Lipinski definition) is 0. The molecule has 1 aromatic heterocycles. The molecule has 3 heteroatoms. The molecule has 0 amide bonds. The summed E-state index contributed by atoms with van der Waals surface area (Å²) < 4.78 is 3.11. The molecule has 68 valence electrons. The van der Waals surface area contributed by atoms with Crippen molar-refractivity contribution >= 4 is 15.9 Å². The van der Waals surface area contributed by atoms with E-state index in [1.54, 1.807) is 0 Å². The van der Waals surface area contributed by atoms with Crippen LogP contribution < -0.4 is 0 Å². The summed E-state index contributed by atoms with van der Waals surface area (Å²) in [6.45, 7) is 4.47. The van der Waals surface area contributed by atoms with Gasteiger partial charge in [-0.25, -0.2) is 4.98 Å². The Kier molecular flexibility index (Phi) is 3.32. The highest BCUT2D eigenvalue weighted by Crippen LogP contribution is 2.17. The number of imidazole rings is 1. The molecule has 0 aliphatic heterocycles. The Morgan fingerprint density at radius 2 is 2.25 bits per heavy atom. The Labute approximate surface area is 82.1 Å². The zero-order valence-electron chi connectivity index (χ0n) is 7.84. The summed E-state index contributed by atoms with van der Waals surface area (Å²) in [6.07, 6.45) is 4.12. The molecular weight excluding hydrogens is 216 g/mol. The van der Waals surface area contributed by atoms with Gasteiger partial charge in [0.1, 0.15) is 4.60 Å². The average molecular weight is 231 g/mol. The fourth-order valence-electron chi connectivity index (χ4n) is 1.06. The van der Waals surface area contributed by atoms with Gasteiger partial charge in [0.2, 0.25) is 0 Å². The van der Waals surface area contributed by atoms with E-state index in [0.717, 1.165) is 16.9 Å². The first-order valence-corrected chi connectivity index (χ1v) is 5.06. The van der Waals surface area contributed by atoms with Crippen LogP contribution in [0.3, 0.4) is 0 Å². The van der Waals surface area contributed by atoms with Crippen molar-refractivity contribution < 1.29 is 0 Å². The van der Waals surface area contributed by atoms with Crippen LogP contribution in [0.4, 0.5) is 0 Å². The van der Waals surface area contributed by atoms with Gasteiger partial charge in [-0.15, -0.1) is 0 Å². The maximum atomic E-state index is 4.30. The molecule has 0 fully saturated rings. The summed E-state index contributed by atoms with van der Waals surface area (Å²) in [7, 11) is 2.00. The lowest BCUT2D eigenvalue weighted by Gasteiger charge is -2.02. The van der Waals surface area contributed by atoms with Crippen molar-refractivity contribution in [2.45, 2.75) is 26.7 Å². The van der Waals surface area contributed by atoms with Crippen LogP contribution in [0.15, 0.2) is 10.9 Å². The summed E-state index contributed by atoms with van der Waals surface area (Å²) in [5.74, 6) is 0.749. The number of halogens is 1. The summed E-state index contributed by atoms with van der Waals surface area (Å²) in [6, 6.07) is 0. The first kappa shape index (κ1) is 9.78. The van der Waals surface area contributed by atoms with Crippen LogP contribution in [0.2, 0.25) is 0 Å². The molecule has 1 rings (SSSR count). The fraction of sp³-hybridized carbons (Fsp3) is 0.667. The second kappa shape index (κ2) is 4.08. The average Bonchev–Trinajstić information content (AvgIpc) is 2.30. The minimum Gasteiger partial charge on any atom is -0.328 e. The molecule has 2 nitrogen and oxygen atoms in total. The van der Waals surface area contributed by atoms with E-state index < -0.39 is 0 Å². The van der Waals surface area contributed by atoms with E-state index in [-0.39, 0.29) is 0 Å². The van der Waals surface area contributed by atoms with Gasteiger partial charge in [-0.05, 0) is 34.7 Å². The van der Waals surface area contributed by atoms with Crippen molar-refractivity contribution in [3.8, 4) is 0 Å². The molecule has 12 heavy (non-hydrogen) atoms. The van der Waals surface area contributed by atoms with Crippen LogP contribution in [0.1, 0.15) is 26.0 Å². The molecule has 0 bridgehead atoms. The van der Waals surface area contributed by atoms with E-state index in [1.165, 1.54) is 12.1 Å². The van der Waals surface area contributed by atoms with Crippen molar-refractivity contribution in [3.63, 3.8) is 0 Å². The number of hydrogen-bond acceptors (Lipinski definition) is 1. The van der Waals surface area contributed by atoms with Gasteiger partial charge in [-0.2, -0.15) is 0 Å². The third kappa shape index (κ3) is 2.34. The van der Waals surface area contributed by atoms with E-state index in [9.17, 15) is 0 Å². The van der Waals surface area contributed by atoms with Gasteiger partial charge in [0, 0.05) is 7.05 Å². The molecule has 0 saturated heterocycles. The second-order valence-corrected chi connectivity index (χ2v) is 4.28. The van der Waals surface area contributed by atoms with E-state index >= 15 is 0 Å². The van der Waals surface area contributed by atoms with Gasteiger partial charge in [0.05, 0.1) is 12.0 Å². The van der Waals surface area contributed by atoms with Crippen LogP contribution in [0.5, 0.6) is 0 Å². The zero-order chi connectivity index (χ0) is 9.14. The van der Waals surface area contributed by atoms with E-state index in [1.807, 2.05) is 17.9 Å². The topological polar surface area (TPSA) is 17.8 Å². The van der Waals surface area contributed by atoms with Gasteiger partial charge in [-0.3, -0.25) is 0 Å². The van der Waals surface area contributed by atoms with Crippen LogP contribution in [-0.4, -0.2) is 9.55 Å². The fourth-order valence-corrected chi connectivity index (χ4v) is 1.45. The molecule has 0 spiro atoms. The molecule has 0 aliphatic rings. The molecule has 0 radical (unpaired) electrons. The van der Waals surface area contributed by atoms with Crippen LogP contribution in [0, 0.1) is 5.92 Å². The maximum Gasteiger partial charge on any atom is 0.107 e. The number of nitrogens with zero attached hydrogens (tertiary/aromatic N) is 2. The molecule has 0 aromatic carbocycles. The summed E-state index contributed by atoms with van der Waals surface area (Å²) in [4.78, 5) is 4.30. The maximum absolute atomic E-state index is 4.30. The van der Waals surface area contributed by atoms with Crippen molar-refractivity contribution in [2.24, 2.45) is 13.0 Å². The Morgan fingerprint density at radius 1 is 1.58 bits per heavy atom. The Balaban J connectivity index is 2.58. The second-order valence-electron chi connectivity index (χ2n) is 3.53. The third-order valence-electron chi connectivity index (χ3n) is 1.89. The monoisotopic (exact) mass is 230 g/mol. The van der Waals surface area contributed by atoms with Crippen molar-refractivity contribution in [1.82, 2.24) is 9.55 Å². The highest BCUT2D eigenvalue weighted by molar-refractivity contribution is 9.10. The smallest absolute Gasteiger partial charge is 0.107 e. The molecular formula is C9H15BrN2. The lowest BCUT2D eigenvalue weighted by atomic mass is 10.1. The van der Waals surface area contributed by atoms with Gasteiger partial charge in [0.25, 0.3) is 0 Å². The first-order chi connectivity index (χ1) is 5.61. The molecule has 1 aromatic rings. The lowest BCUT2D eigenvalue weighted by molar-refractivity contribution is 0.581. The quantitative estimate of drug-likeness (QED) is 0.782. The number of aromatic nitrogens is 2. The van der Waals surface area contributed by atoms with Gasteiger partial charge in [0.15, 0.2) is 0 Å². The molecule has 1 heterocycles. The van der Waals surface area contributed by atoms with Crippen LogP contribution in [0.25, 0.3) is 0 Å². The van der Waals surface area contributed by atoms with Crippen molar-refractivity contribution in [3.05, 3.63) is 16.6 Å². The normalized spacial score (nSPS) is 11.1. The lowest BCUT2D eigenvalue weighted by Crippen LogP contribution is -1.93. The highest BCUT2D eigenvalue weighted by atomic mass is 79.9.